The fourth-order valence-corrected chi connectivity index (χ4v) is 5.11. The van der Waals surface area contributed by atoms with Gasteiger partial charge in [0.1, 0.15) is 5.75 Å². The molecule has 0 aliphatic heterocycles. The molecule has 1 saturated carbocycles. The Morgan fingerprint density at radius 3 is 2.61 bits per heavy atom. The summed E-state index contributed by atoms with van der Waals surface area (Å²) < 4.78 is 0. The molecule has 4 heteroatoms. The highest BCUT2D eigenvalue weighted by Gasteiger charge is 2.35. The van der Waals surface area contributed by atoms with Crippen LogP contribution in [0.25, 0.3) is 0 Å². The van der Waals surface area contributed by atoms with E-state index in [2.05, 4.69) is 13.0 Å². The second-order valence-electron chi connectivity index (χ2n) is 9.92. The fourth-order valence-electron chi connectivity index (χ4n) is 5.11. The highest BCUT2D eigenvalue weighted by atomic mass is 16.4. The van der Waals surface area contributed by atoms with Gasteiger partial charge in [0.2, 0.25) is 0 Å². The standard InChI is InChI=1S/C29H44O4/c1-2-3-6-14-26(30)17-16-24(21-25-13-11-15-27(31)22-25)12-7-4-5-8-18-29(23-28(32)33)19-9-10-20-29/h11-13,15-17,22,26,30-31H,2-10,14,18-21,23H2,1H3,(H,32,33)/b17-16+,24-12-/t26-/m0/s1. The highest BCUT2D eigenvalue weighted by molar-refractivity contribution is 5.67. The lowest BCUT2D eigenvalue weighted by Crippen LogP contribution is -2.20. The van der Waals surface area contributed by atoms with Crippen LogP contribution >= 0.6 is 0 Å². The van der Waals surface area contributed by atoms with Crippen molar-refractivity contribution in [1.82, 2.24) is 0 Å². The summed E-state index contributed by atoms with van der Waals surface area (Å²) in [5.41, 5.74) is 2.26. The Morgan fingerprint density at radius 2 is 1.91 bits per heavy atom. The molecule has 0 aromatic heterocycles. The number of rotatable bonds is 16. The van der Waals surface area contributed by atoms with Crippen molar-refractivity contribution in [2.24, 2.45) is 5.41 Å². The molecule has 1 fully saturated rings. The molecule has 184 valence electrons. The molecule has 0 spiro atoms. The number of unbranched alkanes of at least 4 members (excludes halogenated alkanes) is 5. The average molecular weight is 457 g/mol. The van der Waals surface area contributed by atoms with E-state index in [-0.39, 0.29) is 11.2 Å². The lowest BCUT2D eigenvalue weighted by molar-refractivity contribution is -0.139. The lowest BCUT2D eigenvalue weighted by atomic mass is 9.78. The van der Waals surface area contributed by atoms with E-state index >= 15 is 0 Å². The van der Waals surface area contributed by atoms with Gasteiger partial charge in [-0.3, -0.25) is 4.79 Å². The molecular formula is C29H44O4. The van der Waals surface area contributed by atoms with Crippen LogP contribution in [0.5, 0.6) is 5.75 Å². The van der Waals surface area contributed by atoms with Gasteiger partial charge in [-0.2, -0.15) is 0 Å². The maximum Gasteiger partial charge on any atom is 0.303 e. The summed E-state index contributed by atoms with van der Waals surface area (Å²) in [6.07, 6.45) is 20.7. The van der Waals surface area contributed by atoms with E-state index in [1.165, 1.54) is 12.8 Å². The maximum atomic E-state index is 11.3. The van der Waals surface area contributed by atoms with E-state index in [1.807, 2.05) is 24.3 Å². The second kappa shape index (κ2) is 15.0. The van der Waals surface area contributed by atoms with Gasteiger partial charge < -0.3 is 15.3 Å². The molecule has 0 heterocycles. The number of hydrogen-bond acceptors (Lipinski definition) is 3. The largest absolute Gasteiger partial charge is 0.508 e. The molecule has 33 heavy (non-hydrogen) atoms. The number of carboxylic acid groups (broad SMARTS) is 1. The van der Waals surface area contributed by atoms with Gasteiger partial charge in [-0.1, -0.05) is 82.2 Å². The van der Waals surface area contributed by atoms with Crippen molar-refractivity contribution >= 4 is 5.97 Å². The summed E-state index contributed by atoms with van der Waals surface area (Å²) in [6.45, 7) is 2.16. The van der Waals surface area contributed by atoms with Gasteiger partial charge in [-0.05, 0) is 73.6 Å². The smallest absolute Gasteiger partial charge is 0.303 e. The molecule has 0 amide bonds. The van der Waals surface area contributed by atoms with E-state index in [1.54, 1.807) is 12.1 Å². The summed E-state index contributed by atoms with van der Waals surface area (Å²) in [4.78, 5) is 11.3. The van der Waals surface area contributed by atoms with Gasteiger partial charge >= 0.3 is 5.97 Å². The molecule has 1 aromatic rings. The minimum Gasteiger partial charge on any atom is -0.508 e. The third-order valence-electron chi connectivity index (χ3n) is 6.96. The van der Waals surface area contributed by atoms with Gasteiger partial charge in [-0.15, -0.1) is 0 Å². The van der Waals surface area contributed by atoms with Crippen molar-refractivity contribution in [2.45, 2.75) is 109 Å². The molecule has 1 aliphatic rings. The van der Waals surface area contributed by atoms with E-state index < -0.39 is 12.1 Å². The number of allylic oxidation sites excluding steroid dienone is 3. The molecule has 2 rings (SSSR count). The Balaban J connectivity index is 1.86. The van der Waals surface area contributed by atoms with E-state index in [0.717, 1.165) is 88.2 Å². The van der Waals surface area contributed by atoms with Crippen molar-refractivity contribution in [3.05, 3.63) is 53.6 Å². The second-order valence-corrected chi connectivity index (χ2v) is 9.92. The molecular weight excluding hydrogens is 412 g/mol. The molecule has 0 radical (unpaired) electrons. The molecule has 0 unspecified atom stereocenters. The predicted octanol–water partition coefficient (Wildman–Crippen LogP) is 7.34. The lowest BCUT2D eigenvalue weighted by Gasteiger charge is -2.27. The first-order chi connectivity index (χ1) is 15.9. The molecule has 3 N–H and O–H groups in total. The predicted molar refractivity (Wildman–Crippen MR) is 135 cm³/mol. The number of hydrogen-bond donors (Lipinski definition) is 3. The quantitative estimate of drug-likeness (QED) is 0.179. The summed E-state index contributed by atoms with van der Waals surface area (Å²) >= 11 is 0. The number of aromatic hydroxyl groups is 1. The average Bonchev–Trinajstić information content (AvgIpc) is 3.22. The van der Waals surface area contributed by atoms with Gasteiger partial charge in [0.25, 0.3) is 0 Å². The van der Waals surface area contributed by atoms with E-state index in [4.69, 9.17) is 0 Å². The van der Waals surface area contributed by atoms with Crippen LogP contribution < -0.4 is 0 Å². The zero-order valence-corrected chi connectivity index (χ0v) is 20.5. The van der Waals surface area contributed by atoms with Gasteiger partial charge in [0.15, 0.2) is 0 Å². The minimum atomic E-state index is -0.653. The van der Waals surface area contributed by atoms with Crippen LogP contribution in [-0.4, -0.2) is 27.4 Å². The number of benzene rings is 1. The molecule has 1 aromatic carbocycles. The molecule has 0 bridgehead atoms. The van der Waals surface area contributed by atoms with Crippen LogP contribution in [0.3, 0.4) is 0 Å². The number of carbonyl (C=O) groups is 1. The fraction of sp³-hybridized carbons (Fsp3) is 0.621. The normalized spacial score (nSPS) is 17.0. The Labute approximate surface area is 200 Å². The Bertz CT molecular complexity index is 759. The molecule has 0 saturated heterocycles. The number of aliphatic hydroxyl groups excluding tert-OH is 1. The molecule has 1 atom stereocenters. The van der Waals surface area contributed by atoms with Crippen molar-refractivity contribution in [1.29, 1.82) is 0 Å². The van der Waals surface area contributed by atoms with Gasteiger partial charge in [0, 0.05) is 0 Å². The number of aliphatic hydroxyl groups is 1. The molecule has 1 aliphatic carbocycles. The first kappa shape index (κ1) is 27.2. The van der Waals surface area contributed by atoms with Gasteiger partial charge in [0.05, 0.1) is 12.5 Å². The van der Waals surface area contributed by atoms with Crippen LogP contribution in [0.4, 0.5) is 0 Å². The van der Waals surface area contributed by atoms with Crippen LogP contribution in [0.15, 0.2) is 48.1 Å². The summed E-state index contributed by atoms with van der Waals surface area (Å²) in [6, 6.07) is 7.36. The Hall–Kier alpha value is -2.07. The first-order valence-corrected chi connectivity index (χ1v) is 13.0. The monoisotopic (exact) mass is 456 g/mol. The van der Waals surface area contributed by atoms with Crippen molar-refractivity contribution in [3.8, 4) is 5.75 Å². The zero-order valence-electron chi connectivity index (χ0n) is 20.5. The number of phenols is 1. The number of aliphatic carboxylic acids is 1. The van der Waals surface area contributed by atoms with Crippen molar-refractivity contribution < 1.29 is 20.1 Å². The third-order valence-corrected chi connectivity index (χ3v) is 6.96. The van der Waals surface area contributed by atoms with Crippen molar-refractivity contribution in [2.75, 3.05) is 0 Å². The van der Waals surface area contributed by atoms with Crippen LogP contribution in [-0.2, 0) is 11.2 Å². The number of phenolic OH excluding ortho intramolecular Hbond substituents is 1. The first-order valence-electron chi connectivity index (χ1n) is 13.0. The van der Waals surface area contributed by atoms with Gasteiger partial charge in [-0.25, -0.2) is 0 Å². The van der Waals surface area contributed by atoms with E-state index in [9.17, 15) is 20.1 Å². The van der Waals surface area contributed by atoms with Crippen molar-refractivity contribution in [3.63, 3.8) is 0 Å². The van der Waals surface area contributed by atoms with Crippen LogP contribution in [0.2, 0.25) is 0 Å². The highest BCUT2D eigenvalue weighted by Crippen LogP contribution is 2.45. The topological polar surface area (TPSA) is 77.8 Å². The Morgan fingerprint density at radius 1 is 1.12 bits per heavy atom. The van der Waals surface area contributed by atoms with E-state index in [0.29, 0.717) is 6.42 Å². The summed E-state index contributed by atoms with van der Waals surface area (Å²) in [7, 11) is 0. The molecule has 4 nitrogen and oxygen atoms in total. The zero-order chi connectivity index (χ0) is 23.9. The SMILES string of the molecule is CCCCC[C@H](O)/C=C/C(=C/CCCCCC1(CC(=O)O)CCCC1)Cc1cccc(O)c1. The summed E-state index contributed by atoms with van der Waals surface area (Å²) in [5, 5.41) is 29.3. The summed E-state index contributed by atoms with van der Waals surface area (Å²) in [5.74, 6) is -0.377. The maximum absolute atomic E-state index is 11.3. The number of carboxylic acids is 1. The van der Waals surface area contributed by atoms with Crippen LogP contribution in [0.1, 0.15) is 102 Å². The Kier molecular flexibility index (Phi) is 12.3. The van der Waals surface area contributed by atoms with Crippen LogP contribution in [0, 0.1) is 5.41 Å². The third kappa shape index (κ3) is 11.1. The minimum absolute atomic E-state index is 0.0405.